The van der Waals surface area contributed by atoms with Gasteiger partial charge in [0.2, 0.25) is 5.91 Å². The number of rotatable bonds is 6. The molecule has 22 heavy (non-hydrogen) atoms. The smallest absolute Gasteiger partial charge is 0.269 e. The van der Waals surface area contributed by atoms with Gasteiger partial charge in [0.15, 0.2) is 0 Å². The molecule has 3 unspecified atom stereocenters. The van der Waals surface area contributed by atoms with E-state index in [1.807, 2.05) is 6.92 Å². The Bertz CT molecular complexity index is 535. The van der Waals surface area contributed by atoms with Gasteiger partial charge in [0.25, 0.3) is 5.69 Å². The molecule has 1 amide bonds. The molecule has 1 saturated carbocycles. The van der Waals surface area contributed by atoms with Gasteiger partial charge in [-0.05, 0) is 44.4 Å². The molecule has 6 nitrogen and oxygen atoms in total. The highest BCUT2D eigenvalue weighted by atomic mass is 32.2. The third kappa shape index (κ3) is 4.20. The van der Waals surface area contributed by atoms with Crippen molar-refractivity contribution in [1.82, 2.24) is 5.32 Å². The summed E-state index contributed by atoms with van der Waals surface area (Å²) < 4.78 is 0. The highest BCUT2D eigenvalue weighted by molar-refractivity contribution is 8.00. The Kier molecular flexibility index (Phi) is 5.79. The van der Waals surface area contributed by atoms with Crippen LogP contribution >= 0.6 is 11.8 Å². The first kappa shape index (κ1) is 16.8. The standard InChI is InChI=1S/C15H21N3O3S/c1-10(15(19)17-14-4-2-3-11(14)9-16)22-13-7-5-12(6-8-13)18(20)21/h5-8,10-11,14H,2-4,9,16H2,1H3,(H,17,19). The van der Waals surface area contributed by atoms with Gasteiger partial charge >= 0.3 is 0 Å². The molecule has 120 valence electrons. The molecular formula is C15H21N3O3S. The maximum Gasteiger partial charge on any atom is 0.269 e. The van der Waals surface area contributed by atoms with Crippen LogP contribution in [0.3, 0.4) is 0 Å². The highest BCUT2D eigenvalue weighted by Crippen LogP contribution is 2.28. The van der Waals surface area contributed by atoms with E-state index in [0.29, 0.717) is 12.5 Å². The molecule has 2 rings (SSSR count). The molecule has 0 aromatic heterocycles. The summed E-state index contributed by atoms with van der Waals surface area (Å²) in [5, 5.41) is 13.5. The first-order valence-corrected chi connectivity index (χ1v) is 8.30. The summed E-state index contributed by atoms with van der Waals surface area (Å²) >= 11 is 1.40. The average Bonchev–Trinajstić information content (AvgIpc) is 2.94. The number of thioether (sulfide) groups is 1. The molecule has 7 heteroatoms. The number of nitrogens with zero attached hydrogens (tertiary/aromatic N) is 1. The second-order valence-corrected chi connectivity index (χ2v) is 6.97. The van der Waals surface area contributed by atoms with Crippen molar-refractivity contribution in [2.75, 3.05) is 6.54 Å². The van der Waals surface area contributed by atoms with Gasteiger partial charge in [-0.15, -0.1) is 11.8 Å². The number of benzene rings is 1. The topological polar surface area (TPSA) is 98.3 Å². The Morgan fingerprint density at radius 3 is 2.73 bits per heavy atom. The zero-order valence-electron chi connectivity index (χ0n) is 12.5. The van der Waals surface area contributed by atoms with Crippen LogP contribution in [0.4, 0.5) is 5.69 Å². The summed E-state index contributed by atoms with van der Waals surface area (Å²) in [6.07, 6.45) is 3.17. The number of carbonyl (C=O) groups excluding carboxylic acids is 1. The van der Waals surface area contributed by atoms with Crippen molar-refractivity contribution in [3.05, 3.63) is 34.4 Å². The summed E-state index contributed by atoms with van der Waals surface area (Å²) in [4.78, 5) is 23.3. The molecule has 0 aliphatic heterocycles. The Morgan fingerprint density at radius 2 is 2.14 bits per heavy atom. The van der Waals surface area contributed by atoms with Gasteiger partial charge in [-0.25, -0.2) is 0 Å². The summed E-state index contributed by atoms with van der Waals surface area (Å²) in [5.74, 6) is 0.370. The molecule has 1 aliphatic rings. The van der Waals surface area contributed by atoms with Crippen LogP contribution in [0.2, 0.25) is 0 Å². The Morgan fingerprint density at radius 1 is 1.45 bits per heavy atom. The second-order valence-electron chi connectivity index (χ2n) is 5.55. The van der Waals surface area contributed by atoms with E-state index >= 15 is 0 Å². The van der Waals surface area contributed by atoms with Crippen molar-refractivity contribution >= 4 is 23.4 Å². The van der Waals surface area contributed by atoms with Crippen LogP contribution in [-0.2, 0) is 4.79 Å². The monoisotopic (exact) mass is 323 g/mol. The van der Waals surface area contributed by atoms with Gasteiger partial charge in [0, 0.05) is 23.1 Å². The maximum atomic E-state index is 12.3. The average molecular weight is 323 g/mol. The first-order chi connectivity index (χ1) is 10.5. The zero-order chi connectivity index (χ0) is 16.1. The largest absolute Gasteiger partial charge is 0.352 e. The van der Waals surface area contributed by atoms with Crippen molar-refractivity contribution in [2.45, 2.75) is 42.4 Å². The number of carbonyl (C=O) groups is 1. The van der Waals surface area contributed by atoms with Crippen LogP contribution in [0.15, 0.2) is 29.2 Å². The number of nitro groups is 1. The van der Waals surface area contributed by atoms with Crippen LogP contribution in [0.5, 0.6) is 0 Å². The van der Waals surface area contributed by atoms with Crippen LogP contribution in [0.25, 0.3) is 0 Å². The third-order valence-corrected chi connectivity index (χ3v) is 5.13. The summed E-state index contributed by atoms with van der Waals surface area (Å²) in [6, 6.07) is 6.43. The van der Waals surface area contributed by atoms with Crippen molar-refractivity contribution in [3.63, 3.8) is 0 Å². The molecule has 0 radical (unpaired) electrons. The molecule has 0 saturated heterocycles. The van der Waals surface area contributed by atoms with Crippen molar-refractivity contribution in [1.29, 1.82) is 0 Å². The molecule has 1 aromatic carbocycles. The second kappa shape index (κ2) is 7.60. The normalized spacial score (nSPS) is 22.3. The quantitative estimate of drug-likeness (QED) is 0.475. The van der Waals surface area contributed by atoms with Gasteiger partial charge in [0.05, 0.1) is 10.2 Å². The van der Waals surface area contributed by atoms with E-state index in [0.717, 1.165) is 24.2 Å². The van der Waals surface area contributed by atoms with E-state index < -0.39 is 4.92 Å². The Balaban J connectivity index is 1.89. The predicted molar refractivity (Wildman–Crippen MR) is 86.7 cm³/mol. The number of nitrogens with one attached hydrogen (secondary N) is 1. The molecule has 1 aliphatic carbocycles. The van der Waals surface area contributed by atoms with Crippen molar-refractivity contribution in [2.24, 2.45) is 11.7 Å². The van der Waals surface area contributed by atoms with Crippen molar-refractivity contribution in [3.8, 4) is 0 Å². The van der Waals surface area contributed by atoms with E-state index in [9.17, 15) is 14.9 Å². The number of non-ortho nitro benzene ring substituents is 1. The molecule has 0 spiro atoms. The van der Waals surface area contributed by atoms with Gasteiger partial charge in [-0.3, -0.25) is 14.9 Å². The van der Waals surface area contributed by atoms with E-state index in [2.05, 4.69) is 5.32 Å². The summed E-state index contributed by atoms with van der Waals surface area (Å²) in [7, 11) is 0. The number of amides is 1. The lowest BCUT2D eigenvalue weighted by atomic mass is 10.0. The zero-order valence-corrected chi connectivity index (χ0v) is 13.3. The van der Waals surface area contributed by atoms with E-state index in [1.165, 1.54) is 23.9 Å². The lowest BCUT2D eigenvalue weighted by Gasteiger charge is -2.21. The molecule has 3 atom stereocenters. The first-order valence-electron chi connectivity index (χ1n) is 7.43. The Labute approximate surface area is 134 Å². The summed E-state index contributed by atoms with van der Waals surface area (Å²) in [5.41, 5.74) is 5.78. The molecule has 1 fully saturated rings. The predicted octanol–water partition coefficient (Wildman–Crippen LogP) is 2.32. The lowest BCUT2D eigenvalue weighted by Crippen LogP contribution is -2.43. The van der Waals surface area contributed by atoms with Crippen LogP contribution < -0.4 is 11.1 Å². The highest BCUT2D eigenvalue weighted by Gasteiger charge is 2.28. The number of nitro benzene ring substituents is 1. The van der Waals surface area contributed by atoms with Crippen LogP contribution in [0.1, 0.15) is 26.2 Å². The Hall–Kier alpha value is -1.60. The fraction of sp³-hybridized carbons (Fsp3) is 0.533. The number of hydrogen-bond acceptors (Lipinski definition) is 5. The molecule has 0 heterocycles. The fourth-order valence-electron chi connectivity index (χ4n) is 2.71. The van der Waals surface area contributed by atoms with E-state index in [-0.39, 0.29) is 22.9 Å². The fourth-order valence-corrected chi connectivity index (χ4v) is 3.59. The van der Waals surface area contributed by atoms with Crippen LogP contribution in [-0.4, -0.2) is 28.7 Å². The minimum Gasteiger partial charge on any atom is -0.352 e. The number of hydrogen-bond donors (Lipinski definition) is 2. The van der Waals surface area contributed by atoms with Crippen molar-refractivity contribution < 1.29 is 9.72 Å². The molecule has 0 bridgehead atoms. The SMILES string of the molecule is CC(Sc1ccc([N+](=O)[O-])cc1)C(=O)NC1CCCC1CN. The van der Waals surface area contributed by atoms with Gasteiger partial charge in [-0.2, -0.15) is 0 Å². The summed E-state index contributed by atoms with van der Waals surface area (Å²) in [6.45, 7) is 2.45. The number of nitrogens with two attached hydrogens (primary N) is 1. The molecular weight excluding hydrogens is 302 g/mol. The molecule has 1 aromatic rings. The minimum atomic E-state index is -0.433. The maximum absolute atomic E-state index is 12.3. The lowest BCUT2D eigenvalue weighted by molar-refractivity contribution is -0.384. The van der Waals surface area contributed by atoms with Crippen LogP contribution in [0, 0.1) is 16.0 Å². The van der Waals surface area contributed by atoms with Gasteiger partial charge in [0.1, 0.15) is 0 Å². The van der Waals surface area contributed by atoms with Gasteiger partial charge in [-0.1, -0.05) is 6.42 Å². The minimum absolute atomic E-state index is 0.00583. The molecule has 3 N–H and O–H groups in total. The van der Waals surface area contributed by atoms with E-state index in [1.54, 1.807) is 12.1 Å². The third-order valence-electron chi connectivity index (χ3n) is 4.02. The van der Waals surface area contributed by atoms with E-state index in [4.69, 9.17) is 5.73 Å². The van der Waals surface area contributed by atoms with Gasteiger partial charge < -0.3 is 11.1 Å².